The van der Waals surface area contributed by atoms with Crippen LogP contribution in [0.25, 0.3) is 0 Å². The number of carbonyl (C=O) groups excluding carboxylic acids is 1. The Bertz CT molecular complexity index is 967. The van der Waals surface area contributed by atoms with Crippen molar-refractivity contribution in [2.45, 2.75) is 32.9 Å². The van der Waals surface area contributed by atoms with E-state index >= 15 is 0 Å². The van der Waals surface area contributed by atoms with Gasteiger partial charge in [-0.2, -0.15) is 17.4 Å². The number of benzene rings is 2. The SMILES string of the molecule is C.Cc1ccc(C2CC(C(=O)Nc3ccc(F)c(Cl)c3)N(C)S(=O)(=O)N2)cc1. The molecule has 0 aliphatic carbocycles. The van der Waals surface area contributed by atoms with Crippen LogP contribution in [0.15, 0.2) is 42.5 Å². The highest BCUT2D eigenvalue weighted by atomic mass is 35.5. The van der Waals surface area contributed by atoms with Crippen molar-refractivity contribution < 1.29 is 17.6 Å². The van der Waals surface area contributed by atoms with E-state index in [1.807, 2.05) is 31.2 Å². The van der Waals surface area contributed by atoms with E-state index in [4.69, 9.17) is 11.6 Å². The minimum Gasteiger partial charge on any atom is -0.325 e. The van der Waals surface area contributed by atoms with E-state index in [2.05, 4.69) is 10.0 Å². The zero-order chi connectivity index (χ0) is 19.8. The lowest BCUT2D eigenvalue weighted by Crippen LogP contribution is -2.55. The maximum Gasteiger partial charge on any atom is 0.280 e. The number of hydrogen-bond acceptors (Lipinski definition) is 3. The van der Waals surface area contributed by atoms with Gasteiger partial charge in [-0.1, -0.05) is 48.9 Å². The molecule has 1 aliphatic heterocycles. The van der Waals surface area contributed by atoms with Gasteiger partial charge in [-0.3, -0.25) is 4.79 Å². The van der Waals surface area contributed by atoms with Gasteiger partial charge in [0.1, 0.15) is 11.9 Å². The summed E-state index contributed by atoms with van der Waals surface area (Å²) in [6, 6.07) is 9.77. The van der Waals surface area contributed by atoms with E-state index < -0.39 is 34.0 Å². The molecule has 2 N–H and O–H groups in total. The second-order valence-corrected chi connectivity index (χ2v) is 8.64. The highest BCUT2D eigenvalue weighted by Gasteiger charge is 2.40. The van der Waals surface area contributed by atoms with Crippen molar-refractivity contribution in [2.75, 3.05) is 12.4 Å². The smallest absolute Gasteiger partial charge is 0.280 e. The summed E-state index contributed by atoms with van der Waals surface area (Å²) in [5.74, 6) is -1.11. The van der Waals surface area contributed by atoms with E-state index in [9.17, 15) is 17.6 Å². The van der Waals surface area contributed by atoms with Gasteiger partial charge < -0.3 is 5.32 Å². The zero-order valence-corrected chi connectivity index (χ0v) is 16.3. The van der Waals surface area contributed by atoms with Gasteiger partial charge in [0.25, 0.3) is 10.2 Å². The standard InChI is InChI=1S/C18H19ClFN3O3S.CH4/c1-11-3-5-12(6-4-11)16-10-17(23(2)27(25,26)22-16)18(24)21-13-7-8-15(20)14(19)9-13;/h3-9,16-17,22H,10H2,1-2H3,(H,21,24);1H4. The number of hydrogen-bond donors (Lipinski definition) is 2. The molecule has 28 heavy (non-hydrogen) atoms. The van der Waals surface area contributed by atoms with Gasteiger partial charge in [-0.05, 0) is 37.1 Å². The van der Waals surface area contributed by atoms with Gasteiger partial charge in [0.2, 0.25) is 5.91 Å². The van der Waals surface area contributed by atoms with E-state index in [-0.39, 0.29) is 18.9 Å². The van der Waals surface area contributed by atoms with Crippen LogP contribution < -0.4 is 10.0 Å². The number of nitrogens with one attached hydrogen (secondary N) is 2. The Kier molecular flexibility index (Phi) is 6.82. The molecule has 1 amide bonds. The fourth-order valence-electron chi connectivity index (χ4n) is 2.92. The van der Waals surface area contributed by atoms with E-state index in [1.165, 1.54) is 19.2 Å². The molecule has 1 fully saturated rings. The normalized spacial score (nSPS) is 21.6. The molecule has 0 saturated carbocycles. The number of amides is 1. The molecule has 1 aliphatic rings. The Morgan fingerprint density at radius 3 is 2.50 bits per heavy atom. The first-order valence-corrected chi connectivity index (χ1v) is 10.1. The number of rotatable bonds is 3. The fourth-order valence-corrected chi connectivity index (χ4v) is 4.38. The summed E-state index contributed by atoms with van der Waals surface area (Å²) in [7, 11) is -2.49. The van der Waals surface area contributed by atoms with Gasteiger partial charge in [-0.15, -0.1) is 0 Å². The van der Waals surface area contributed by atoms with E-state index in [0.29, 0.717) is 5.69 Å². The average molecular weight is 428 g/mol. The third kappa shape index (κ3) is 4.70. The lowest BCUT2D eigenvalue weighted by molar-refractivity contribution is -0.120. The predicted octanol–water partition coefficient (Wildman–Crippen LogP) is 3.64. The number of nitrogens with zero attached hydrogens (tertiary/aromatic N) is 1. The van der Waals surface area contributed by atoms with Crippen LogP contribution in [0.4, 0.5) is 10.1 Å². The van der Waals surface area contributed by atoms with Gasteiger partial charge >= 0.3 is 0 Å². The van der Waals surface area contributed by atoms with Crippen LogP contribution in [0.2, 0.25) is 5.02 Å². The number of carbonyl (C=O) groups is 1. The van der Waals surface area contributed by atoms with Crippen molar-refractivity contribution in [3.05, 3.63) is 64.4 Å². The molecule has 0 bridgehead atoms. The second kappa shape index (κ2) is 8.57. The molecule has 0 spiro atoms. The van der Waals surface area contributed by atoms with Crippen molar-refractivity contribution in [2.24, 2.45) is 0 Å². The predicted molar refractivity (Wildman–Crippen MR) is 109 cm³/mol. The van der Waals surface area contributed by atoms with Crippen molar-refractivity contribution in [1.29, 1.82) is 0 Å². The lowest BCUT2D eigenvalue weighted by Gasteiger charge is -2.36. The summed E-state index contributed by atoms with van der Waals surface area (Å²) >= 11 is 5.73. The molecule has 3 rings (SSSR count). The Morgan fingerprint density at radius 1 is 1.25 bits per heavy atom. The summed E-state index contributed by atoms with van der Waals surface area (Å²) in [6.07, 6.45) is 0.250. The summed E-state index contributed by atoms with van der Waals surface area (Å²) in [5.41, 5.74) is 2.12. The topological polar surface area (TPSA) is 78.5 Å². The van der Waals surface area contributed by atoms with Crippen molar-refractivity contribution in [1.82, 2.24) is 9.03 Å². The Balaban J connectivity index is 0.00000280. The maximum atomic E-state index is 13.3. The monoisotopic (exact) mass is 427 g/mol. The van der Waals surface area contributed by atoms with Crippen LogP contribution in [0, 0.1) is 12.7 Å². The molecule has 2 unspecified atom stereocenters. The first kappa shape index (κ1) is 22.3. The average Bonchev–Trinajstić information content (AvgIpc) is 2.61. The number of likely N-dealkylation sites (N-methyl/N-ethyl adjacent to an activating group) is 1. The second-order valence-electron chi connectivity index (χ2n) is 6.47. The number of halogens is 2. The molecule has 2 aromatic rings. The van der Waals surface area contributed by atoms with Crippen molar-refractivity contribution in [3.63, 3.8) is 0 Å². The third-order valence-electron chi connectivity index (χ3n) is 4.54. The van der Waals surface area contributed by atoms with Crippen molar-refractivity contribution >= 4 is 33.4 Å². The maximum absolute atomic E-state index is 13.3. The van der Waals surface area contributed by atoms with Gasteiger partial charge in [0.15, 0.2) is 0 Å². The molecular formula is C19H23ClFN3O3S. The quantitative estimate of drug-likeness (QED) is 0.784. The van der Waals surface area contributed by atoms with Crippen LogP contribution in [-0.2, 0) is 15.0 Å². The van der Waals surface area contributed by atoms with Crippen molar-refractivity contribution in [3.8, 4) is 0 Å². The third-order valence-corrected chi connectivity index (χ3v) is 6.42. The Labute approximate surface area is 169 Å². The largest absolute Gasteiger partial charge is 0.325 e. The van der Waals surface area contributed by atoms with Crippen LogP contribution in [0.5, 0.6) is 0 Å². The number of aryl methyl sites for hydroxylation is 1. The molecule has 1 saturated heterocycles. The van der Waals surface area contributed by atoms with Crippen LogP contribution >= 0.6 is 11.6 Å². The molecule has 0 radical (unpaired) electrons. The van der Waals surface area contributed by atoms with Gasteiger partial charge in [0, 0.05) is 18.8 Å². The summed E-state index contributed by atoms with van der Waals surface area (Å²) in [4.78, 5) is 12.7. The van der Waals surface area contributed by atoms with Crippen LogP contribution in [0.3, 0.4) is 0 Å². The Morgan fingerprint density at radius 2 is 1.89 bits per heavy atom. The van der Waals surface area contributed by atoms with Crippen LogP contribution in [0.1, 0.15) is 31.0 Å². The summed E-state index contributed by atoms with van der Waals surface area (Å²) in [5, 5.41) is 2.48. The molecule has 2 atom stereocenters. The van der Waals surface area contributed by atoms with E-state index in [0.717, 1.165) is 21.5 Å². The lowest BCUT2D eigenvalue weighted by atomic mass is 9.98. The summed E-state index contributed by atoms with van der Waals surface area (Å²) < 4.78 is 41.8. The fraction of sp³-hybridized carbons (Fsp3) is 0.316. The first-order chi connectivity index (χ1) is 12.7. The molecule has 2 aromatic carbocycles. The summed E-state index contributed by atoms with van der Waals surface area (Å²) in [6.45, 7) is 1.94. The van der Waals surface area contributed by atoms with Gasteiger partial charge in [0.05, 0.1) is 5.02 Å². The molecule has 6 nitrogen and oxygen atoms in total. The Hall–Kier alpha value is -2.00. The minimum atomic E-state index is -3.83. The first-order valence-electron chi connectivity index (χ1n) is 8.25. The minimum absolute atomic E-state index is 0. The molecule has 1 heterocycles. The molecular weight excluding hydrogens is 405 g/mol. The molecule has 152 valence electrons. The molecule has 9 heteroatoms. The van der Waals surface area contributed by atoms with Crippen LogP contribution in [-0.4, -0.2) is 31.7 Å². The number of anilines is 1. The molecule has 0 aromatic heterocycles. The highest BCUT2D eigenvalue weighted by molar-refractivity contribution is 7.87. The zero-order valence-electron chi connectivity index (χ0n) is 14.7. The van der Waals surface area contributed by atoms with Gasteiger partial charge in [-0.25, -0.2) is 4.39 Å². The van der Waals surface area contributed by atoms with E-state index in [1.54, 1.807) is 0 Å². The highest BCUT2D eigenvalue weighted by Crippen LogP contribution is 2.29.